The van der Waals surface area contributed by atoms with E-state index in [2.05, 4.69) is 5.32 Å². The lowest BCUT2D eigenvalue weighted by molar-refractivity contribution is -0.121. The highest BCUT2D eigenvalue weighted by Crippen LogP contribution is 2.38. The van der Waals surface area contributed by atoms with Gasteiger partial charge in [-0.3, -0.25) is 4.79 Å². The number of alkyl halides is 1. The quantitative estimate of drug-likeness (QED) is 0.788. The largest absolute Gasteiger partial charge is 0.353 e. The van der Waals surface area contributed by atoms with E-state index in [9.17, 15) is 13.2 Å². The van der Waals surface area contributed by atoms with E-state index in [-0.39, 0.29) is 22.4 Å². The maximum absolute atomic E-state index is 11.8. The fourth-order valence-electron chi connectivity index (χ4n) is 2.85. The van der Waals surface area contributed by atoms with Crippen LogP contribution in [0.2, 0.25) is 0 Å². The summed E-state index contributed by atoms with van der Waals surface area (Å²) in [5.41, 5.74) is 0. The molecule has 0 spiro atoms. The third-order valence-electron chi connectivity index (χ3n) is 3.74. The van der Waals surface area contributed by atoms with Crippen LogP contribution in [0.4, 0.5) is 0 Å². The molecule has 1 N–H and O–H groups in total. The summed E-state index contributed by atoms with van der Waals surface area (Å²) >= 11 is 5.52. The molecule has 2 fully saturated rings. The molecule has 2 unspecified atom stereocenters. The number of sulfone groups is 1. The van der Waals surface area contributed by atoms with Crippen molar-refractivity contribution >= 4 is 27.3 Å². The molecule has 2 rings (SSSR count). The second kappa shape index (κ2) is 5.14. The van der Waals surface area contributed by atoms with E-state index in [0.717, 1.165) is 12.8 Å². The summed E-state index contributed by atoms with van der Waals surface area (Å²) in [6.07, 6.45) is 3.81. The molecule has 6 heteroatoms. The maximum atomic E-state index is 11.8. The smallest absolute Gasteiger partial charge is 0.220 e. The molecule has 2 aliphatic heterocycles. The van der Waals surface area contributed by atoms with Crippen LogP contribution in [0.1, 0.15) is 38.5 Å². The predicted octanol–water partition coefficient (Wildman–Crippen LogP) is 1.23. The number of fused-ring (bicyclic) bond motifs is 2. The van der Waals surface area contributed by atoms with Gasteiger partial charge in [-0.25, -0.2) is 8.42 Å². The van der Waals surface area contributed by atoms with Crippen LogP contribution in [0, 0.1) is 0 Å². The van der Waals surface area contributed by atoms with Crippen molar-refractivity contribution in [2.24, 2.45) is 0 Å². The molecule has 98 valence electrons. The van der Waals surface area contributed by atoms with Crippen LogP contribution in [0.25, 0.3) is 0 Å². The van der Waals surface area contributed by atoms with Gasteiger partial charge >= 0.3 is 0 Å². The molecule has 2 bridgehead atoms. The van der Waals surface area contributed by atoms with Gasteiger partial charge in [0.25, 0.3) is 0 Å². The van der Waals surface area contributed by atoms with E-state index in [1.165, 1.54) is 0 Å². The van der Waals surface area contributed by atoms with E-state index < -0.39 is 9.84 Å². The van der Waals surface area contributed by atoms with Crippen molar-refractivity contribution in [2.45, 2.75) is 55.1 Å². The normalized spacial score (nSPS) is 34.5. The third kappa shape index (κ3) is 2.76. The van der Waals surface area contributed by atoms with Crippen LogP contribution in [-0.2, 0) is 14.6 Å². The SMILES string of the molecule is O=C(CCCCl)NC1CC2CCC(C1)S2(=O)=O. The number of rotatable bonds is 4. The van der Waals surface area contributed by atoms with Gasteiger partial charge in [0.2, 0.25) is 5.91 Å². The molecule has 1 amide bonds. The number of halogens is 1. The number of hydrogen-bond donors (Lipinski definition) is 1. The molecular formula is C11H18ClNO3S. The van der Waals surface area contributed by atoms with Crippen molar-refractivity contribution in [3.05, 3.63) is 0 Å². The summed E-state index contributed by atoms with van der Waals surface area (Å²) in [5.74, 6) is 0.479. The van der Waals surface area contributed by atoms with Gasteiger partial charge in [-0.2, -0.15) is 0 Å². The Kier molecular flexibility index (Phi) is 3.98. The van der Waals surface area contributed by atoms with Crippen LogP contribution in [-0.4, -0.2) is 36.7 Å². The fourth-order valence-corrected chi connectivity index (χ4v) is 5.46. The van der Waals surface area contributed by atoms with Crippen molar-refractivity contribution in [1.29, 1.82) is 0 Å². The number of amides is 1. The first-order chi connectivity index (χ1) is 8.04. The van der Waals surface area contributed by atoms with Crippen LogP contribution < -0.4 is 5.32 Å². The molecule has 2 aliphatic rings. The Hall–Kier alpha value is -0.290. The highest BCUT2D eigenvalue weighted by molar-refractivity contribution is 7.93. The average molecular weight is 280 g/mol. The zero-order chi connectivity index (χ0) is 12.5. The predicted molar refractivity (Wildman–Crippen MR) is 66.8 cm³/mol. The van der Waals surface area contributed by atoms with Gasteiger partial charge in [-0.1, -0.05) is 0 Å². The molecule has 0 aliphatic carbocycles. The zero-order valence-electron chi connectivity index (χ0n) is 9.69. The molecule has 17 heavy (non-hydrogen) atoms. The molecule has 4 nitrogen and oxygen atoms in total. The lowest BCUT2D eigenvalue weighted by Gasteiger charge is -2.28. The Balaban J connectivity index is 1.88. The van der Waals surface area contributed by atoms with Crippen molar-refractivity contribution in [1.82, 2.24) is 5.32 Å². The molecule has 0 aromatic carbocycles. The first-order valence-corrected chi connectivity index (χ1v) is 8.26. The number of nitrogens with one attached hydrogen (secondary N) is 1. The van der Waals surface area contributed by atoms with Crippen molar-refractivity contribution < 1.29 is 13.2 Å². The van der Waals surface area contributed by atoms with E-state index in [4.69, 9.17) is 11.6 Å². The average Bonchev–Trinajstić information content (AvgIpc) is 2.48. The highest BCUT2D eigenvalue weighted by atomic mass is 35.5. The van der Waals surface area contributed by atoms with Gasteiger partial charge in [-0.15, -0.1) is 11.6 Å². The molecule has 2 heterocycles. The standard InChI is InChI=1S/C11H18ClNO3S/c12-5-1-2-11(14)13-8-6-9-3-4-10(7-8)17(9,15)16/h8-10H,1-7H2,(H,13,14). The summed E-state index contributed by atoms with van der Waals surface area (Å²) < 4.78 is 23.7. The van der Waals surface area contributed by atoms with Gasteiger partial charge in [0.1, 0.15) is 0 Å². The first-order valence-electron chi connectivity index (χ1n) is 6.12. The Bertz CT molecular complexity index is 376. The molecular weight excluding hydrogens is 262 g/mol. The third-order valence-corrected chi connectivity index (χ3v) is 6.72. The van der Waals surface area contributed by atoms with Crippen molar-refractivity contribution in [3.8, 4) is 0 Å². The highest BCUT2D eigenvalue weighted by Gasteiger charge is 2.46. The number of hydrogen-bond acceptors (Lipinski definition) is 3. The van der Waals surface area contributed by atoms with Crippen molar-refractivity contribution in [3.63, 3.8) is 0 Å². The lowest BCUT2D eigenvalue weighted by atomic mass is 10.1. The van der Waals surface area contributed by atoms with E-state index in [0.29, 0.717) is 31.6 Å². The first kappa shape index (κ1) is 13.1. The monoisotopic (exact) mass is 279 g/mol. The van der Waals surface area contributed by atoms with Crippen LogP contribution in [0.15, 0.2) is 0 Å². The molecule has 2 atom stereocenters. The minimum absolute atomic E-state index is 0.00523. The molecule has 0 radical (unpaired) electrons. The van der Waals surface area contributed by atoms with Crippen LogP contribution in [0.3, 0.4) is 0 Å². The minimum atomic E-state index is -2.89. The molecule has 0 aromatic heterocycles. The van der Waals surface area contributed by atoms with E-state index >= 15 is 0 Å². The number of carbonyl (C=O) groups is 1. The maximum Gasteiger partial charge on any atom is 0.220 e. The zero-order valence-corrected chi connectivity index (χ0v) is 11.3. The van der Waals surface area contributed by atoms with Gasteiger partial charge in [0, 0.05) is 18.3 Å². The van der Waals surface area contributed by atoms with Crippen molar-refractivity contribution in [2.75, 3.05) is 5.88 Å². The fraction of sp³-hybridized carbons (Fsp3) is 0.909. The second-order valence-corrected chi connectivity index (χ2v) is 7.83. The Morgan fingerprint density at radius 2 is 1.82 bits per heavy atom. The Labute approximate surface area is 107 Å². The van der Waals surface area contributed by atoms with E-state index in [1.54, 1.807) is 0 Å². The summed E-state index contributed by atoms with van der Waals surface area (Å²) in [7, 11) is -2.89. The molecule has 2 saturated heterocycles. The summed E-state index contributed by atoms with van der Waals surface area (Å²) in [4.78, 5) is 11.5. The van der Waals surface area contributed by atoms with Crippen LogP contribution >= 0.6 is 11.6 Å². The Morgan fingerprint density at radius 1 is 1.24 bits per heavy atom. The number of carbonyl (C=O) groups excluding carboxylic acids is 1. The minimum Gasteiger partial charge on any atom is -0.353 e. The van der Waals surface area contributed by atoms with Gasteiger partial charge in [-0.05, 0) is 32.1 Å². The molecule has 0 aromatic rings. The van der Waals surface area contributed by atoms with Gasteiger partial charge in [0.15, 0.2) is 9.84 Å². The molecule has 0 saturated carbocycles. The Morgan fingerprint density at radius 3 is 2.35 bits per heavy atom. The van der Waals surface area contributed by atoms with Crippen LogP contribution in [0.5, 0.6) is 0 Å². The van der Waals surface area contributed by atoms with Gasteiger partial charge < -0.3 is 5.32 Å². The summed E-state index contributed by atoms with van der Waals surface area (Å²) in [6.45, 7) is 0. The second-order valence-electron chi connectivity index (χ2n) is 4.94. The lowest BCUT2D eigenvalue weighted by Crippen LogP contribution is -2.45. The topological polar surface area (TPSA) is 63.2 Å². The van der Waals surface area contributed by atoms with E-state index in [1.807, 2.05) is 0 Å². The summed E-state index contributed by atoms with van der Waals surface area (Å²) in [6, 6.07) is 0.0406. The summed E-state index contributed by atoms with van der Waals surface area (Å²) in [5, 5.41) is 2.49. The van der Waals surface area contributed by atoms with Gasteiger partial charge in [0.05, 0.1) is 10.5 Å².